The number of thiophene rings is 9. The van der Waals surface area contributed by atoms with E-state index in [4.69, 9.17) is 0 Å². The van der Waals surface area contributed by atoms with Crippen LogP contribution in [0.4, 0.5) is 0 Å². The van der Waals surface area contributed by atoms with Crippen LogP contribution >= 0.6 is 102 Å². The highest BCUT2D eigenvalue weighted by atomic mass is 32.1. The van der Waals surface area contributed by atoms with Crippen molar-refractivity contribution in [3.63, 3.8) is 0 Å². The van der Waals surface area contributed by atoms with Gasteiger partial charge in [0.05, 0.1) is 66.4 Å². The highest BCUT2D eigenvalue weighted by molar-refractivity contribution is 7.33. The summed E-state index contributed by atoms with van der Waals surface area (Å²) < 4.78 is 6.20. The molecule has 330 valence electrons. The first-order valence-electron chi connectivity index (χ1n) is 21.7. The maximum Gasteiger partial charge on any atom is 0.0904 e. The molecule has 0 fully saturated rings. The van der Waals surface area contributed by atoms with Gasteiger partial charge in [0.15, 0.2) is 0 Å². The van der Waals surface area contributed by atoms with Crippen molar-refractivity contribution in [1.29, 1.82) is 0 Å². The molecular formula is C52H52S9Si4. The molecule has 0 N–H and O–H groups in total. The molecule has 9 aromatic heterocycles. The molecule has 9 rings (SSSR count). The Bertz CT molecular complexity index is 2930. The van der Waals surface area contributed by atoms with Gasteiger partial charge in [-0.2, -0.15) is 0 Å². The molecule has 0 bridgehead atoms. The SMILES string of the molecule is C[Si](C)(C)c1ccc(-c2cc(C#Cc3ccc(-c4ccsc4-c4ccc(C#Cc5cc(-c6ccc([Si](C)(C)C)s6)c(-c6ccc([Si](C)(C)C)s6)s5)s4)s3)sc2-c2ccc([Si](C)(C)C)s2)s1. The monoisotopic (exact) mass is 1080 g/mol. The van der Waals surface area contributed by atoms with Crippen LogP contribution in [0.5, 0.6) is 0 Å². The van der Waals surface area contributed by atoms with Crippen LogP contribution in [0.25, 0.3) is 60.6 Å². The maximum atomic E-state index is 3.61. The van der Waals surface area contributed by atoms with Crippen molar-refractivity contribution < 1.29 is 0 Å². The highest BCUT2D eigenvalue weighted by Crippen LogP contribution is 2.46. The summed E-state index contributed by atoms with van der Waals surface area (Å²) in [4.78, 5) is 16.4. The van der Waals surface area contributed by atoms with Crippen molar-refractivity contribution in [2.45, 2.75) is 78.6 Å². The van der Waals surface area contributed by atoms with Gasteiger partial charge in [0.25, 0.3) is 0 Å². The molecule has 0 saturated carbocycles. The Hall–Kier alpha value is -2.71. The van der Waals surface area contributed by atoms with E-state index in [9.17, 15) is 0 Å². The molecular weight excluding hydrogens is 1030 g/mol. The summed E-state index contributed by atoms with van der Waals surface area (Å²) in [7, 11) is -5.62. The van der Waals surface area contributed by atoms with Crippen molar-refractivity contribution in [3.05, 3.63) is 116 Å². The second kappa shape index (κ2) is 18.3. The molecule has 0 unspecified atom stereocenters. The van der Waals surface area contributed by atoms with Gasteiger partial charge in [-0.05, 0) is 114 Å². The summed E-state index contributed by atoms with van der Waals surface area (Å²) in [6, 6.07) is 34.8. The van der Waals surface area contributed by atoms with Crippen molar-refractivity contribution in [3.8, 4) is 84.3 Å². The minimum Gasteiger partial charge on any atom is -0.145 e. The Balaban J connectivity index is 0.970. The first-order chi connectivity index (χ1) is 30.7. The van der Waals surface area contributed by atoms with E-state index < -0.39 is 32.3 Å². The minimum absolute atomic E-state index is 1.09. The zero-order valence-corrected chi connectivity index (χ0v) is 50.3. The van der Waals surface area contributed by atoms with Crippen molar-refractivity contribution in [2.75, 3.05) is 0 Å². The molecule has 9 aromatic rings. The summed E-state index contributed by atoms with van der Waals surface area (Å²) in [6.45, 7) is 29.3. The number of hydrogen-bond donors (Lipinski definition) is 0. The lowest BCUT2D eigenvalue weighted by Crippen LogP contribution is -2.34. The van der Waals surface area contributed by atoms with Crippen LogP contribution in [0.2, 0.25) is 78.6 Å². The third-order valence-corrected chi connectivity index (χ3v) is 35.2. The van der Waals surface area contributed by atoms with Gasteiger partial charge in [0.2, 0.25) is 0 Å². The molecule has 9 heterocycles. The lowest BCUT2D eigenvalue weighted by Gasteiger charge is -2.12. The van der Waals surface area contributed by atoms with E-state index in [1.807, 2.05) is 79.4 Å². The zero-order valence-electron chi connectivity index (χ0n) is 38.9. The van der Waals surface area contributed by atoms with E-state index in [1.54, 1.807) is 40.7 Å². The predicted molar refractivity (Wildman–Crippen MR) is 317 cm³/mol. The van der Waals surface area contributed by atoms with E-state index in [2.05, 4.69) is 199 Å². The largest absolute Gasteiger partial charge is 0.145 e. The average Bonchev–Trinajstić information content (AvgIpc) is 4.05. The van der Waals surface area contributed by atoms with Crippen molar-refractivity contribution in [1.82, 2.24) is 0 Å². The summed E-state index contributed by atoms with van der Waals surface area (Å²) in [5.74, 6) is 14.4. The summed E-state index contributed by atoms with van der Waals surface area (Å²) in [5, 5.41) is 2.22. The first kappa shape index (κ1) is 47.4. The Morgan fingerprint density at radius 1 is 0.292 bits per heavy atom. The molecule has 0 amide bonds. The highest BCUT2D eigenvalue weighted by Gasteiger charge is 2.26. The normalized spacial score (nSPS) is 12.4. The maximum absolute atomic E-state index is 3.61. The summed E-state index contributed by atoms with van der Waals surface area (Å²) in [5.41, 5.74) is 3.94. The van der Waals surface area contributed by atoms with E-state index in [1.165, 1.54) is 60.6 Å². The Labute approximate surface area is 426 Å². The molecule has 0 aliphatic heterocycles. The molecule has 13 heteroatoms. The standard InChI is InChI=1S/C52H52S9Si4/c1-62(2,3)46-25-21-41(58-46)38-31-35(56-51(38)44-23-27-48(60-44)64(7,8)9)15-13-33-17-19-40(54-33)37-29-30-53-50(37)43-20-18-34(55-43)14-16-36-32-39(42-22-26-47(59-42)63(4,5)6)52(57-36)45-24-28-49(61-45)65(10,11)12/h17-32H,1-12H3. The Morgan fingerprint density at radius 2 is 0.615 bits per heavy atom. The van der Waals surface area contributed by atoms with Crippen LogP contribution in [0.1, 0.15) is 19.5 Å². The summed E-state index contributed by atoms with van der Waals surface area (Å²) >= 11 is 17.0. The smallest absolute Gasteiger partial charge is 0.0904 e. The first-order valence-corrected chi connectivity index (χ1v) is 43.1. The lowest BCUT2D eigenvalue weighted by molar-refractivity contribution is 1.78. The Kier molecular flexibility index (Phi) is 13.3. The number of hydrogen-bond acceptors (Lipinski definition) is 9. The third kappa shape index (κ3) is 10.5. The van der Waals surface area contributed by atoms with Crippen molar-refractivity contribution in [2.24, 2.45) is 0 Å². The average molecular weight is 1080 g/mol. The molecule has 0 spiro atoms. The third-order valence-electron chi connectivity index (χ3n) is 10.8. The van der Waals surface area contributed by atoms with Gasteiger partial charge in [0, 0.05) is 46.0 Å². The van der Waals surface area contributed by atoms with Gasteiger partial charge < -0.3 is 0 Å². The molecule has 0 aliphatic carbocycles. The van der Waals surface area contributed by atoms with Crippen LogP contribution in [-0.2, 0) is 0 Å². The molecule has 0 radical (unpaired) electrons. The fraction of sp³-hybridized carbons (Fsp3) is 0.231. The quantitative estimate of drug-likeness (QED) is 0.0946. The zero-order chi connectivity index (χ0) is 46.1. The van der Waals surface area contributed by atoms with Gasteiger partial charge in [-0.15, -0.1) is 102 Å². The van der Waals surface area contributed by atoms with E-state index in [-0.39, 0.29) is 0 Å². The van der Waals surface area contributed by atoms with E-state index in [0.29, 0.717) is 0 Å². The van der Waals surface area contributed by atoms with Gasteiger partial charge in [0.1, 0.15) is 0 Å². The summed E-state index contributed by atoms with van der Waals surface area (Å²) in [6.07, 6.45) is 0. The minimum atomic E-state index is -1.40. The molecule has 0 aromatic carbocycles. The lowest BCUT2D eigenvalue weighted by atomic mass is 10.2. The van der Waals surface area contributed by atoms with Crippen molar-refractivity contribution >= 4 is 152 Å². The fourth-order valence-electron chi connectivity index (χ4n) is 7.15. The van der Waals surface area contributed by atoms with E-state index >= 15 is 0 Å². The molecule has 0 saturated heterocycles. The van der Waals surface area contributed by atoms with Gasteiger partial charge in [-0.1, -0.05) is 103 Å². The molecule has 0 aliphatic rings. The predicted octanol–water partition coefficient (Wildman–Crippen LogP) is 17.2. The van der Waals surface area contributed by atoms with Crippen LogP contribution < -0.4 is 18.0 Å². The van der Waals surface area contributed by atoms with E-state index in [0.717, 1.165) is 19.5 Å². The number of rotatable bonds is 10. The molecule has 0 nitrogen and oxygen atoms in total. The van der Waals surface area contributed by atoms with Crippen LogP contribution in [0.15, 0.2) is 96.4 Å². The second-order valence-corrected chi connectivity index (χ2v) is 51.5. The van der Waals surface area contributed by atoms with Gasteiger partial charge in [-0.3, -0.25) is 0 Å². The van der Waals surface area contributed by atoms with Crippen LogP contribution in [0, 0.1) is 23.7 Å². The molecule has 65 heavy (non-hydrogen) atoms. The van der Waals surface area contributed by atoms with Gasteiger partial charge in [-0.25, -0.2) is 0 Å². The van der Waals surface area contributed by atoms with Crippen LogP contribution in [0.3, 0.4) is 0 Å². The molecule has 0 atom stereocenters. The van der Waals surface area contributed by atoms with Gasteiger partial charge >= 0.3 is 0 Å². The van der Waals surface area contributed by atoms with Crippen LogP contribution in [-0.4, -0.2) is 32.3 Å². The fourth-order valence-corrected chi connectivity index (χ4v) is 24.1. The topological polar surface area (TPSA) is 0 Å². The Morgan fingerprint density at radius 3 is 1.03 bits per heavy atom. The second-order valence-electron chi connectivity index (χ2n) is 20.4.